The number of methoxy groups -OCH3 is 1. The highest BCUT2D eigenvalue weighted by Crippen LogP contribution is 2.26. The standard InChI is InChI=1S/C28H38N6O4/c1-3-33-19-22(24-8-7-23(36-2)14-25(24)33)16-29-15-20-9-11-34(12-10-20)28-30-17-21(18-31-28)27(35)32-38-26-6-4-5-13-37-26/h7-8,14,17-20,26,29H,3-6,9-13,15-16H2,1-2H3,(H,32,35). The minimum atomic E-state index is -0.385. The minimum Gasteiger partial charge on any atom is -0.497 e. The summed E-state index contributed by atoms with van der Waals surface area (Å²) in [4.78, 5) is 28.8. The molecular formula is C28H38N6O4. The van der Waals surface area contributed by atoms with Crippen molar-refractivity contribution in [1.82, 2.24) is 25.3 Å². The quantitative estimate of drug-likeness (QED) is 0.389. The van der Waals surface area contributed by atoms with Gasteiger partial charge in [0.1, 0.15) is 5.75 Å². The van der Waals surface area contributed by atoms with Gasteiger partial charge in [-0.15, -0.1) is 0 Å². The molecule has 10 nitrogen and oxygen atoms in total. The molecule has 0 bridgehead atoms. The molecule has 3 aromatic rings. The van der Waals surface area contributed by atoms with Crippen LogP contribution in [0, 0.1) is 5.92 Å². The first-order valence-electron chi connectivity index (χ1n) is 13.7. The third-order valence-electron chi connectivity index (χ3n) is 7.48. The molecular weight excluding hydrogens is 484 g/mol. The summed E-state index contributed by atoms with van der Waals surface area (Å²) in [5.41, 5.74) is 5.35. The number of piperidine rings is 1. The Morgan fingerprint density at radius 3 is 2.68 bits per heavy atom. The molecule has 5 rings (SSSR count). The number of fused-ring (bicyclic) bond motifs is 1. The second-order valence-corrected chi connectivity index (χ2v) is 10.0. The molecule has 204 valence electrons. The van der Waals surface area contributed by atoms with Crippen molar-refractivity contribution >= 4 is 22.8 Å². The fourth-order valence-corrected chi connectivity index (χ4v) is 5.21. The van der Waals surface area contributed by atoms with Gasteiger partial charge in [-0.05, 0) is 62.8 Å². The molecule has 2 fully saturated rings. The number of benzene rings is 1. The maximum atomic E-state index is 12.3. The number of carbonyl (C=O) groups excluding carboxylic acids is 1. The first-order valence-corrected chi connectivity index (χ1v) is 13.7. The van der Waals surface area contributed by atoms with E-state index in [9.17, 15) is 4.79 Å². The SMILES string of the molecule is CCn1cc(CNCC2CCN(c3ncc(C(=O)NOC4CCCCO4)cn3)CC2)c2ccc(OC)cc21. The lowest BCUT2D eigenvalue weighted by molar-refractivity contribution is -0.186. The van der Waals surface area contributed by atoms with Crippen molar-refractivity contribution in [2.24, 2.45) is 5.92 Å². The Labute approximate surface area is 223 Å². The summed E-state index contributed by atoms with van der Waals surface area (Å²) < 4.78 is 13.2. The van der Waals surface area contributed by atoms with Crippen LogP contribution < -0.4 is 20.4 Å². The Balaban J connectivity index is 1.06. The molecule has 2 aliphatic rings. The van der Waals surface area contributed by atoms with Crippen LogP contribution in [-0.2, 0) is 22.7 Å². The van der Waals surface area contributed by atoms with Gasteiger partial charge in [0.15, 0.2) is 6.29 Å². The molecule has 2 N–H and O–H groups in total. The number of amides is 1. The van der Waals surface area contributed by atoms with Crippen LogP contribution >= 0.6 is 0 Å². The molecule has 0 spiro atoms. The molecule has 2 saturated heterocycles. The van der Waals surface area contributed by atoms with Crippen molar-refractivity contribution in [3.8, 4) is 5.75 Å². The Morgan fingerprint density at radius 2 is 1.97 bits per heavy atom. The van der Waals surface area contributed by atoms with E-state index >= 15 is 0 Å². The molecule has 4 heterocycles. The van der Waals surface area contributed by atoms with E-state index in [0.29, 0.717) is 24.0 Å². The van der Waals surface area contributed by atoms with E-state index in [2.05, 4.69) is 55.5 Å². The van der Waals surface area contributed by atoms with Gasteiger partial charge in [-0.3, -0.25) is 4.79 Å². The van der Waals surface area contributed by atoms with E-state index in [1.54, 1.807) is 19.5 Å². The number of rotatable bonds is 10. The van der Waals surface area contributed by atoms with E-state index in [0.717, 1.165) is 70.6 Å². The number of carbonyl (C=O) groups is 1. The molecule has 0 aliphatic carbocycles. The molecule has 38 heavy (non-hydrogen) atoms. The first kappa shape index (κ1) is 26.4. The predicted octanol–water partition coefficient (Wildman–Crippen LogP) is 3.65. The molecule has 2 aromatic heterocycles. The Morgan fingerprint density at radius 1 is 1.16 bits per heavy atom. The molecule has 1 aromatic carbocycles. The van der Waals surface area contributed by atoms with Crippen LogP contribution in [0.25, 0.3) is 10.9 Å². The van der Waals surface area contributed by atoms with Crippen molar-refractivity contribution in [1.29, 1.82) is 0 Å². The maximum absolute atomic E-state index is 12.3. The zero-order valence-electron chi connectivity index (χ0n) is 22.3. The third-order valence-corrected chi connectivity index (χ3v) is 7.48. The predicted molar refractivity (Wildman–Crippen MR) is 145 cm³/mol. The summed E-state index contributed by atoms with van der Waals surface area (Å²) in [6, 6.07) is 6.30. The number of nitrogens with zero attached hydrogens (tertiary/aromatic N) is 4. The zero-order chi connectivity index (χ0) is 26.3. The van der Waals surface area contributed by atoms with E-state index in [1.165, 1.54) is 16.5 Å². The Bertz CT molecular complexity index is 1200. The second kappa shape index (κ2) is 12.6. The van der Waals surface area contributed by atoms with Crippen LogP contribution in [0.5, 0.6) is 5.75 Å². The van der Waals surface area contributed by atoms with Gasteiger partial charge in [-0.25, -0.2) is 20.3 Å². The van der Waals surface area contributed by atoms with E-state index in [4.69, 9.17) is 14.3 Å². The molecule has 1 amide bonds. The fourth-order valence-electron chi connectivity index (χ4n) is 5.21. The molecule has 1 unspecified atom stereocenters. The van der Waals surface area contributed by atoms with Crippen LogP contribution in [-0.4, -0.2) is 60.1 Å². The number of ether oxygens (including phenoxy) is 2. The number of hydrogen-bond acceptors (Lipinski definition) is 8. The number of anilines is 1. The molecule has 1 atom stereocenters. The van der Waals surface area contributed by atoms with Crippen LogP contribution in [0.4, 0.5) is 5.95 Å². The average molecular weight is 523 g/mol. The van der Waals surface area contributed by atoms with Gasteiger partial charge in [0.05, 0.1) is 18.2 Å². The van der Waals surface area contributed by atoms with Crippen LogP contribution in [0.15, 0.2) is 36.8 Å². The zero-order valence-corrected chi connectivity index (χ0v) is 22.3. The lowest BCUT2D eigenvalue weighted by atomic mass is 9.97. The molecule has 10 heteroatoms. The highest BCUT2D eigenvalue weighted by atomic mass is 16.8. The van der Waals surface area contributed by atoms with Gasteiger partial charge < -0.3 is 24.3 Å². The van der Waals surface area contributed by atoms with Gasteiger partial charge in [-0.1, -0.05) is 0 Å². The van der Waals surface area contributed by atoms with E-state index in [1.807, 2.05) is 6.07 Å². The Hall–Kier alpha value is -3.21. The molecule has 0 radical (unpaired) electrons. The second-order valence-electron chi connectivity index (χ2n) is 10.0. The minimum absolute atomic E-state index is 0.364. The van der Waals surface area contributed by atoms with Gasteiger partial charge in [0, 0.05) is 69.2 Å². The topological polar surface area (TPSA) is 103 Å². The van der Waals surface area contributed by atoms with Crippen LogP contribution in [0.3, 0.4) is 0 Å². The Kier molecular flexibility index (Phi) is 8.72. The van der Waals surface area contributed by atoms with Crippen molar-refractivity contribution < 1.29 is 19.1 Å². The number of nitrogens with one attached hydrogen (secondary N) is 2. The van der Waals surface area contributed by atoms with Crippen molar-refractivity contribution in [2.75, 3.05) is 38.3 Å². The largest absolute Gasteiger partial charge is 0.497 e. The molecule has 0 saturated carbocycles. The fraction of sp³-hybridized carbons (Fsp3) is 0.536. The lowest BCUT2D eigenvalue weighted by Crippen LogP contribution is -2.38. The summed E-state index contributed by atoms with van der Waals surface area (Å²) in [7, 11) is 1.71. The highest BCUT2D eigenvalue weighted by molar-refractivity contribution is 5.92. The number of hydroxylamine groups is 1. The maximum Gasteiger partial charge on any atom is 0.278 e. The number of aryl methyl sites for hydroxylation is 1. The number of aromatic nitrogens is 3. The first-order chi connectivity index (χ1) is 18.6. The van der Waals surface area contributed by atoms with Crippen LogP contribution in [0.1, 0.15) is 54.9 Å². The summed E-state index contributed by atoms with van der Waals surface area (Å²) in [5.74, 6) is 1.79. The average Bonchev–Trinajstić information content (AvgIpc) is 3.33. The number of hydrogen-bond donors (Lipinski definition) is 2. The van der Waals surface area contributed by atoms with E-state index < -0.39 is 0 Å². The van der Waals surface area contributed by atoms with Gasteiger partial charge in [0.25, 0.3) is 5.91 Å². The normalized spacial score (nSPS) is 18.6. The van der Waals surface area contributed by atoms with Gasteiger partial charge >= 0.3 is 0 Å². The van der Waals surface area contributed by atoms with Gasteiger partial charge in [0.2, 0.25) is 5.95 Å². The summed E-state index contributed by atoms with van der Waals surface area (Å²) in [6.07, 6.45) is 9.95. The van der Waals surface area contributed by atoms with Gasteiger partial charge in [-0.2, -0.15) is 0 Å². The highest BCUT2D eigenvalue weighted by Gasteiger charge is 2.22. The third kappa shape index (κ3) is 6.25. The lowest BCUT2D eigenvalue weighted by Gasteiger charge is -2.32. The summed E-state index contributed by atoms with van der Waals surface area (Å²) >= 11 is 0. The van der Waals surface area contributed by atoms with Crippen molar-refractivity contribution in [3.05, 3.63) is 47.9 Å². The van der Waals surface area contributed by atoms with Crippen LogP contribution in [0.2, 0.25) is 0 Å². The molecule has 2 aliphatic heterocycles. The monoisotopic (exact) mass is 522 g/mol. The summed E-state index contributed by atoms with van der Waals surface area (Å²) in [6.45, 7) is 7.37. The van der Waals surface area contributed by atoms with Crippen molar-refractivity contribution in [2.45, 2.75) is 58.4 Å². The van der Waals surface area contributed by atoms with Crippen molar-refractivity contribution in [3.63, 3.8) is 0 Å². The smallest absolute Gasteiger partial charge is 0.278 e. The van der Waals surface area contributed by atoms with E-state index in [-0.39, 0.29) is 12.2 Å². The summed E-state index contributed by atoms with van der Waals surface area (Å²) in [5, 5.41) is 4.96.